The number of hydrogen-bond acceptors (Lipinski definition) is 5. The predicted molar refractivity (Wildman–Crippen MR) is 56.9 cm³/mol. The van der Waals surface area contributed by atoms with Crippen LogP contribution in [0, 0.1) is 0 Å². The van der Waals surface area contributed by atoms with Crippen LogP contribution in [0.2, 0.25) is 0 Å². The molecule has 90 valence electrons. The van der Waals surface area contributed by atoms with Crippen molar-refractivity contribution in [2.75, 3.05) is 14.2 Å². The zero-order chi connectivity index (χ0) is 12.3. The molecule has 0 saturated carbocycles. The van der Waals surface area contributed by atoms with Gasteiger partial charge in [0.1, 0.15) is 5.60 Å². The SMILES string of the molecule is COP(=O)(OC)C(C)C(=O)OC(C)(C)C. The second kappa shape index (κ2) is 5.10. The zero-order valence-corrected chi connectivity index (χ0v) is 11.0. The van der Waals surface area contributed by atoms with Gasteiger partial charge < -0.3 is 13.8 Å². The van der Waals surface area contributed by atoms with E-state index in [1.165, 1.54) is 21.1 Å². The molecule has 0 fully saturated rings. The van der Waals surface area contributed by atoms with Gasteiger partial charge in [0.25, 0.3) is 0 Å². The summed E-state index contributed by atoms with van der Waals surface area (Å²) in [5.41, 5.74) is -1.54. The summed E-state index contributed by atoms with van der Waals surface area (Å²) in [6.07, 6.45) is 0. The lowest BCUT2D eigenvalue weighted by Gasteiger charge is -2.25. The monoisotopic (exact) mass is 238 g/mol. The Labute approximate surface area is 90.6 Å². The van der Waals surface area contributed by atoms with Crippen molar-refractivity contribution in [2.24, 2.45) is 0 Å². The van der Waals surface area contributed by atoms with Gasteiger partial charge in [-0.3, -0.25) is 9.36 Å². The Morgan fingerprint density at radius 1 is 1.20 bits per heavy atom. The molecular weight excluding hydrogens is 219 g/mol. The Hall–Kier alpha value is -0.380. The van der Waals surface area contributed by atoms with Crippen molar-refractivity contribution in [3.05, 3.63) is 0 Å². The first kappa shape index (κ1) is 14.6. The highest BCUT2D eigenvalue weighted by Crippen LogP contribution is 2.51. The molecular formula is C9H19O5P. The minimum absolute atomic E-state index is 0.588. The van der Waals surface area contributed by atoms with Gasteiger partial charge in [0, 0.05) is 14.2 Å². The average molecular weight is 238 g/mol. The van der Waals surface area contributed by atoms with E-state index in [4.69, 9.17) is 13.8 Å². The molecule has 0 aliphatic rings. The molecule has 6 heteroatoms. The van der Waals surface area contributed by atoms with E-state index in [1.807, 2.05) is 0 Å². The molecule has 0 aliphatic heterocycles. The number of carbonyl (C=O) groups excluding carboxylic acids is 1. The molecule has 0 N–H and O–H groups in total. The lowest BCUT2D eigenvalue weighted by atomic mass is 10.2. The van der Waals surface area contributed by atoms with Crippen molar-refractivity contribution in [2.45, 2.75) is 39.0 Å². The third-order valence-corrected chi connectivity index (χ3v) is 3.91. The topological polar surface area (TPSA) is 61.8 Å². The molecule has 15 heavy (non-hydrogen) atoms. The van der Waals surface area contributed by atoms with Crippen LogP contribution in [0.3, 0.4) is 0 Å². The zero-order valence-electron chi connectivity index (χ0n) is 10.1. The van der Waals surface area contributed by atoms with Crippen LogP contribution >= 0.6 is 7.60 Å². The van der Waals surface area contributed by atoms with Crippen molar-refractivity contribution >= 4 is 13.6 Å². The van der Waals surface area contributed by atoms with E-state index >= 15 is 0 Å². The summed E-state index contributed by atoms with van der Waals surface area (Å²) in [5.74, 6) is -0.588. The van der Waals surface area contributed by atoms with Crippen molar-refractivity contribution in [3.63, 3.8) is 0 Å². The Balaban J connectivity index is 4.65. The van der Waals surface area contributed by atoms with Crippen molar-refractivity contribution in [1.29, 1.82) is 0 Å². The van der Waals surface area contributed by atoms with Crippen LogP contribution in [0.4, 0.5) is 0 Å². The van der Waals surface area contributed by atoms with Gasteiger partial charge in [0.05, 0.1) is 0 Å². The molecule has 1 unspecified atom stereocenters. The van der Waals surface area contributed by atoms with Gasteiger partial charge in [0.15, 0.2) is 5.66 Å². The molecule has 0 bridgehead atoms. The molecule has 0 heterocycles. The first-order chi connectivity index (χ1) is 6.66. The largest absolute Gasteiger partial charge is 0.459 e. The Bertz CT molecular complexity index is 260. The van der Waals surface area contributed by atoms with Crippen molar-refractivity contribution < 1.29 is 23.1 Å². The fourth-order valence-electron chi connectivity index (χ4n) is 0.907. The van der Waals surface area contributed by atoms with E-state index in [-0.39, 0.29) is 0 Å². The highest BCUT2D eigenvalue weighted by Gasteiger charge is 2.38. The van der Waals surface area contributed by atoms with Gasteiger partial charge in [0.2, 0.25) is 0 Å². The summed E-state index contributed by atoms with van der Waals surface area (Å²) < 4.78 is 26.3. The molecule has 0 aliphatic carbocycles. The van der Waals surface area contributed by atoms with Gasteiger partial charge in [-0.15, -0.1) is 0 Å². The Kier molecular flexibility index (Phi) is 4.97. The summed E-state index contributed by atoms with van der Waals surface area (Å²) in [7, 11) is -0.906. The molecule has 1 atom stereocenters. The van der Waals surface area contributed by atoms with Gasteiger partial charge in [-0.05, 0) is 27.7 Å². The summed E-state index contributed by atoms with van der Waals surface area (Å²) in [6, 6.07) is 0. The van der Waals surface area contributed by atoms with Crippen LogP contribution in [-0.4, -0.2) is 31.4 Å². The normalized spacial score (nSPS) is 14.8. The van der Waals surface area contributed by atoms with E-state index in [0.29, 0.717) is 0 Å². The highest BCUT2D eigenvalue weighted by molar-refractivity contribution is 7.55. The van der Waals surface area contributed by atoms with E-state index in [0.717, 1.165) is 0 Å². The summed E-state index contributed by atoms with van der Waals surface area (Å²) in [4.78, 5) is 11.6. The van der Waals surface area contributed by atoms with E-state index in [9.17, 15) is 9.36 Å². The smallest absolute Gasteiger partial charge is 0.344 e. The fraction of sp³-hybridized carbons (Fsp3) is 0.889. The predicted octanol–water partition coefficient (Wildman–Crippen LogP) is 2.20. The lowest BCUT2D eigenvalue weighted by Crippen LogP contribution is -2.30. The molecule has 0 rings (SSSR count). The molecule has 0 aromatic heterocycles. The second-order valence-corrected chi connectivity index (χ2v) is 6.70. The molecule has 5 nitrogen and oxygen atoms in total. The molecule has 0 aromatic carbocycles. The number of esters is 1. The number of hydrogen-bond donors (Lipinski definition) is 0. The van der Waals surface area contributed by atoms with Gasteiger partial charge in [-0.1, -0.05) is 0 Å². The minimum atomic E-state index is -3.39. The maximum absolute atomic E-state index is 11.8. The second-order valence-electron chi connectivity index (χ2n) is 4.11. The molecule has 0 amide bonds. The van der Waals surface area contributed by atoms with Crippen LogP contribution in [0.1, 0.15) is 27.7 Å². The average Bonchev–Trinajstić information content (AvgIpc) is 2.12. The van der Waals surface area contributed by atoms with E-state index in [2.05, 4.69) is 0 Å². The number of rotatable bonds is 4. The maximum atomic E-state index is 11.8. The quantitative estimate of drug-likeness (QED) is 0.555. The summed E-state index contributed by atoms with van der Waals surface area (Å²) >= 11 is 0. The van der Waals surface area contributed by atoms with Gasteiger partial charge in [-0.25, -0.2) is 0 Å². The highest BCUT2D eigenvalue weighted by atomic mass is 31.2. The molecule has 0 radical (unpaired) electrons. The first-order valence-corrected chi connectivity index (χ1v) is 6.21. The van der Waals surface area contributed by atoms with Gasteiger partial charge >= 0.3 is 13.6 Å². The van der Waals surface area contributed by atoms with Crippen LogP contribution in [0.5, 0.6) is 0 Å². The number of carbonyl (C=O) groups is 1. The fourth-order valence-corrected chi connectivity index (χ4v) is 2.00. The van der Waals surface area contributed by atoms with Crippen LogP contribution < -0.4 is 0 Å². The molecule has 0 saturated heterocycles. The van der Waals surface area contributed by atoms with Gasteiger partial charge in [-0.2, -0.15) is 0 Å². The lowest BCUT2D eigenvalue weighted by molar-refractivity contribution is -0.154. The Morgan fingerprint density at radius 2 is 1.60 bits per heavy atom. The maximum Gasteiger partial charge on any atom is 0.344 e. The summed E-state index contributed by atoms with van der Waals surface area (Å²) in [5, 5.41) is 0. The molecule has 0 aromatic rings. The van der Waals surface area contributed by atoms with E-state index in [1.54, 1.807) is 20.8 Å². The third-order valence-electron chi connectivity index (χ3n) is 1.73. The van der Waals surface area contributed by atoms with Crippen LogP contribution in [0.25, 0.3) is 0 Å². The standard InChI is InChI=1S/C9H19O5P/c1-7(15(11,12-5)13-6)8(10)14-9(2,3)4/h7H,1-6H3. The van der Waals surface area contributed by atoms with Crippen LogP contribution in [-0.2, 0) is 23.1 Å². The molecule has 0 spiro atoms. The van der Waals surface area contributed by atoms with Crippen LogP contribution in [0.15, 0.2) is 0 Å². The number of ether oxygens (including phenoxy) is 1. The third kappa shape index (κ3) is 4.33. The minimum Gasteiger partial charge on any atom is -0.459 e. The van der Waals surface area contributed by atoms with Crippen molar-refractivity contribution in [1.82, 2.24) is 0 Å². The summed E-state index contributed by atoms with van der Waals surface area (Å²) in [6.45, 7) is 6.67. The van der Waals surface area contributed by atoms with E-state index < -0.39 is 24.8 Å². The Morgan fingerprint density at radius 3 is 1.87 bits per heavy atom. The first-order valence-electron chi connectivity index (χ1n) is 4.60. The van der Waals surface area contributed by atoms with Crippen molar-refractivity contribution in [3.8, 4) is 0 Å².